The molecule has 2 aromatic carbocycles. The van der Waals surface area contributed by atoms with Gasteiger partial charge in [-0.3, -0.25) is 14.4 Å². The third kappa shape index (κ3) is 6.83. The number of amides is 4. The summed E-state index contributed by atoms with van der Waals surface area (Å²) < 4.78 is 20.5. The van der Waals surface area contributed by atoms with Gasteiger partial charge in [-0.15, -0.1) is 4.53 Å². The highest BCUT2D eigenvalue weighted by molar-refractivity contribution is 6.15. The Kier molecular flexibility index (Phi) is 9.33. The standard InChI is InChI=1S/C26H29ClFN5O6/c27-31-16-23(34)32-21(10-11-24(35)36)25(37)30(12-13-39-17-19-8-4-5-9-20(19)28)15-22(32)33(31)26(38)29-14-18-6-2-1-3-7-18/h1-9,21-22H,10-17H2,(H,29,38)(H,35,36)/t21-,22-/m0/s1. The van der Waals surface area contributed by atoms with Crippen molar-refractivity contribution < 1.29 is 33.4 Å². The van der Waals surface area contributed by atoms with Gasteiger partial charge in [0.2, 0.25) is 11.8 Å². The predicted molar refractivity (Wildman–Crippen MR) is 137 cm³/mol. The van der Waals surface area contributed by atoms with Gasteiger partial charge in [-0.25, -0.2) is 14.2 Å². The van der Waals surface area contributed by atoms with Crippen LogP contribution in [0.15, 0.2) is 54.6 Å². The third-order valence-electron chi connectivity index (χ3n) is 6.55. The first kappa shape index (κ1) is 28.3. The third-order valence-corrected chi connectivity index (χ3v) is 6.84. The number of hydrazine groups is 1. The number of hydrogen-bond acceptors (Lipinski definition) is 6. The van der Waals surface area contributed by atoms with Gasteiger partial charge in [-0.05, 0) is 18.1 Å². The molecular formula is C26H29ClFN5O6. The highest BCUT2D eigenvalue weighted by atomic mass is 35.5. The average molecular weight is 562 g/mol. The highest BCUT2D eigenvalue weighted by Crippen LogP contribution is 2.29. The van der Waals surface area contributed by atoms with Gasteiger partial charge < -0.3 is 25.0 Å². The predicted octanol–water partition coefficient (Wildman–Crippen LogP) is 2.17. The second kappa shape index (κ2) is 12.9. The van der Waals surface area contributed by atoms with Crippen LogP contribution in [0.5, 0.6) is 0 Å². The monoisotopic (exact) mass is 561 g/mol. The molecule has 4 rings (SSSR count). The molecule has 4 amide bonds. The molecule has 2 N–H and O–H groups in total. The Bertz CT molecular complexity index is 1200. The number of piperazine rings is 1. The van der Waals surface area contributed by atoms with E-state index >= 15 is 0 Å². The molecule has 0 saturated carbocycles. The topological polar surface area (TPSA) is 123 Å². The maximum absolute atomic E-state index is 13.9. The molecule has 13 heteroatoms. The van der Waals surface area contributed by atoms with Crippen molar-refractivity contribution in [3.8, 4) is 0 Å². The first-order chi connectivity index (χ1) is 18.8. The van der Waals surface area contributed by atoms with Gasteiger partial charge >= 0.3 is 12.0 Å². The lowest BCUT2D eigenvalue weighted by atomic mass is 10.0. The Balaban J connectivity index is 1.49. The summed E-state index contributed by atoms with van der Waals surface area (Å²) >= 11 is 6.34. The summed E-state index contributed by atoms with van der Waals surface area (Å²) in [5, 5.41) is 13.2. The summed E-state index contributed by atoms with van der Waals surface area (Å²) in [7, 11) is 0. The Labute approximate surface area is 229 Å². The molecule has 2 saturated heterocycles. The summed E-state index contributed by atoms with van der Waals surface area (Å²) in [6.07, 6.45) is -1.46. The van der Waals surface area contributed by atoms with Crippen molar-refractivity contribution in [2.24, 2.45) is 0 Å². The lowest BCUT2D eigenvalue weighted by molar-refractivity contribution is -0.181. The molecule has 39 heavy (non-hydrogen) atoms. The quantitative estimate of drug-likeness (QED) is 0.337. The molecule has 208 valence electrons. The number of carbonyl (C=O) groups excluding carboxylic acids is 3. The van der Waals surface area contributed by atoms with Crippen molar-refractivity contribution in [2.45, 2.75) is 38.2 Å². The SMILES string of the molecule is O=C(O)CC[C@H]1C(=O)N(CCOCc2ccccc2F)C[C@H]2N1C(=O)CN(Cl)N2C(=O)NCc1ccccc1. The van der Waals surface area contributed by atoms with Gasteiger partial charge in [0.05, 0.1) is 19.8 Å². The summed E-state index contributed by atoms with van der Waals surface area (Å²) in [5.74, 6) is -2.48. The molecule has 2 aliphatic heterocycles. The fourth-order valence-corrected chi connectivity index (χ4v) is 4.92. The smallest absolute Gasteiger partial charge is 0.335 e. The summed E-state index contributed by atoms with van der Waals surface area (Å²) in [4.78, 5) is 53.6. The number of fused-ring (bicyclic) bond motifs is 1. The zero-order valence-corrected chi connectivity index (χ0v) is 21.8. The summed E-state index contributed by atoms with van der Waals surface area (Å²) in [6, 6.07) is 13.7. The van der Waals surface area contributed by atoms with E-state index in [1.807, 2.05) is 30.3 Å². The van der Waals surface area contributed by atoms with Crippen molar-refractivity contribution in [2.75, 3.05) is 26.2 Å². The number of halogens is 2. The molecule has 2 heterocycles. The molecule has 11 nitrogen and oxygen atoms in total. The molecule has 0 bridgehead atoms. The fraction of sp³-hybridized carbons (Fsp3) is 0.385. The van der Waals surface area contributed by atoms with Crippen LogP contribution in [0.2, 0.25) is 0 Å². The molecule has 2 aliphatic rings. The Morgan fingerprint density at radius 2 is 1.82 bits per heavy atom. The Morgan fingerprint density at radius 1 is 1.10 bits per heavy atom. The van der Waals surface area contributed by atoms with E-state index in [4.69, 9.17) is 16.5 Å². The van der Waals surface area contributed by atoms with E-state index in [0.717, 1.165) is 10.1 Å². The number of urea groups is 1. The van der Waals surface area contributed by atoms with E-state index in [-0.39, 0.29) is 52.2 Å². The van der Waals surface area contributed by atoms with Crippen LogP contribution in [0.3, 0.4) is 0 Å². The van der Waals surface area contributed by atoms with E-state index in [9.17, 15) is 28.7 Å². The van der Waals surface area contributed by atoms with Crippen molar-refractivity contribution >= 4 is 35.6 Å². The second-order valence-corrected chi connectivity index (χ2v) is 9.53. The van der Waals surface area contributed by atoms with Gasteiger partial charge in [-0.1, -0.05) is 48.5 Å². The minimum absolute atomic E-state index is 0.00530. The largest absolute Gasteiger partial charge is 0.481 e. The number of rotatable bonds is 10. The zero-order valence-electron chi connectivity index (χ0n) is 21.0. The molecule has 0 spiro atoms. The lowest BCUT2D eigenvalue weighted by Gasteiger charge is -2.53. The normalized spacial score (nSPS) is 19.7. The van der Waals surface area contributed by atoms with Gasteiger partial charge in [0.1, 0.15) is 24.6 Å². The zero-order chi connectivity index (χ0) is 27.9. The molecule has 2 aromatic rings. The fourth-order valence-electron chi connectivity index (χ4n) is 4.65. The molecule has 2 atom stereocenters. The Hall–Kier alpha value is -3.74. The van der Waals surface area contributed by atoms with E-state index in [1.54, 1.807) is 18.2 Å². The van der Waals surface area contributed by atoms with Gasteiger partial charge in [0.25, 0.3) is 0 Å². The van der Waals surface area contributed by atoms with Crippen LogP contribution in [0.1, 0.15) is 24.0 Å². The van der Waals surface area contributed by atoms with Crippen LogP contribution in [0.4, 0.5) is 9.18 Å². The first-order valence-corrected chi connectivity index (χ1v) is 12.8. The molecule has 0 aromatic heterocycles. The number of nitrogens with one attached hydrogen (secondary N) is 1. The highest BCUT2D eigenvalue weighted by Gasteiger charge is 2.51. The van der Waals surface area contributed by atoms with E-state index in [1.165, 1.54) is 20.9 Å². The van der Waals surface area contributed by atoms with Gasteiger partial charge in [0.15, 0.2) is 0 Å². The molecule has 0 radical (unpaired) electrons. The minimum atomic E-state index is -1.12. The van der Waals surface area contributed by atoms with Crippen LogP contribution in [-0.2, 0) is 32.3 Å². The van der Waals surface area contributed by atoms with Crippen molar-refractivity contribution in [1.82, 2.24) is 24.7 Å². The molecule has 0 aliphatic carbocycles. The van der Waals surface area contributed by atoms with Crippen molar-refractivity contribution in [1.29, 1.82) is 0 Å². The number of aliphatic carboxylic acids is 1. The van der Waals surface area contributed by atoms with Crippen molar-refractivity contribution in [3.63, 3.8) is 0 Å². The number of benzene rings is 2. The second-order valence-electron chi connectivity index (χ2n) is 9.14. The number of carboxylic acid groups (broad SMARTS) is 1. The number of ether oxygens (including phenoxy) is 1. The van der Waals surface area contributed by atoms with Crippen LogP contribution in [0, 0.1) is 5.82 Å². The molecule has 2 fully saturated rings. The number of carbonyl (C=O) groups is 4. The van der Waals surface area contributed by atoms with Crippen LogP contribution < -0.4 is 5.32 Å². The van der Waals surface area contributed by atoms with E-state index < -0.39 is 41.8 Å². The van der Waals surface area contributed by atoms with Crippen LogP contribution >= 0.6 is 11.8 Å². The number of carboxylic acids is 1. The summed E-state index contributed by atoms with van der Waals surface area (Å²) in [6.45, 7) is -0.113. The first-order valence-electron chi connectivity index (χ1n) is 12.4. The van der Waals surface area contributed by atoms with E-state index in [2.05, 4.69) is 5.32 Å². The van der Waals surface area contributed by atoms with Crippen LogP contribution in [0.25, 0.3) is 0 Å². The van der Waals surface area contributed by atoms with Crippen molar-refractivity contribution in [3.05, 3.63) is 71.5 Å². The van der Waals surface area contributed by atoms with E-state index in [0.29, 0.717) is 5.56 Å². The Morgan fingerprint density at radius 3 is 2.54 bits per heavy atom. The maximum Gasteiger partial charge on any atom is 0.335 e. The average Bonchev–Trinajstić information content (AvgIpc) is 2.91. The van der Waals surface area contributed by atoms with Crippen LogP contribution in [-0.4, -0.2) is 86.7 Å². The number of nitrogens with zero attached hydrogens (tertiary/aromatic N) is 4. The summed E-state index contributed by atoms with van der Waals surface area (Å²) in [5.41, 5.74) is 1.22. The van der Waals surface area contributed by atoms with Gasteiger partial charge in [0, 0.05) is 36.9 Å². The number of hydrogen-bond donors (Lipinski definition) is 2. The lowest BCUT2D eigenvalue weighted by Crippen LogP contribution is -2.75. The maximum atomic E-state index is 13.9. The van der Waals surface area contributed by atoms with Gasteiger partial charge in [-0.2, -0.15) is 0 Å². The minimum Gasteiger partial charge on any atom is -0.481 e. The molecular weight excluding hydrogens is 533 g/mol. The molecule has 0 unspecified atom stereocenters.